The summed E-state index contributed by atoms with van der Waals surface area (Å²) in [5, 5.41) is 26.3. The predicted molar refractivity (Wildman–Crippen MR) is 120 cm³/mol. The molecule has 4 aliphatic rings. The normalized spacial score (nSPS) is 47.1. The zero-order valence-electron chi connectivity index (χ0n) is 19.5. The summed E-state index contributed by atoms with van der Waals surface area (Å²) in [7, 11) is 2.00. The van der Waals surface area contributed by atoms with E-state index in [0.717, 1.165) is 43.2 Å². The quantitative estimate of drug-likeness (QED) is 0.697. The van der Waals surface area contributed by atoms with Crippen molar-refractivity contribution in [2.24, 2.45) is 41.5 Å². The molecule has 0 aromatic carbocycles. The molecular weight excluding hydrogens is 372 g/mol. The van der Waals surface area contributed by atoms with Crippen LogP contribution in [0.2, 0.25) is 0 Å². The molecule has 4 nitrogen and oxygen atoms in total. The van der Waals surface area contributed by atoms with Gasteiger partial charge in [0.2, 0.25) is 0 Å². The average Bonchev–Trinajstić information content (AvgIpc) is 3.10. The standard InChI is InChI=1S/C26H40N2O2/c1-15-21(16(2)28(5)27-15)12-17-13-23-20-7-6-18-14-19(29)8-10-25(18,3)22(20)9-11-26(23,4)24(17)30/h12,18-20,22-24,29-30H,6-11,13-14H2,1-5H3. The van der Waals surface area contributed by atoms with Crippen LogP contribution in [0, 0.1) is 48.3 Å². The van der Waals surface area contributed by atoms with Crippen LogP contribution in [0.1, 0.15) is 82.2 Å². The Morgan fingerprint density at radius 3 is 2.43 bits per heavy atom. The van der Waals surface area contributed by atoms with Crippen molar-refractivity contribution >= 4 is 6.08 Å². The maximum absolute atomic E-state index is 11.5. The van der Waals surface area contributed by atoms with Crippen molar-refractivity contribution < 1.29 is 10.2 Å². The van der Waals surface area contributed by atoms with Gasteiger partial charge in [0.25, 0.3) is 0 Å². The van der Waals surface area contributed by atoms with E-state index in [4.69, 9.17) is 0 Å². The summed E-state index contributed by atoms with van der Waals surface area (Å²) in [5.41, 5.74) is 5.06. The van der Waals surface area contributed by atoms with Gasteiger partial charge in [0, 0.05) is 23.7 Å². The van der Waals surface area contributed by atoms with Crippen molar-refractivity contribution in [3.8, 4) is 0 Å². The fourth-order valence-corrected chi connectivity index (χ4v) is 8.42. The monoisotopic (exact) mass is 412 g/mol. The maximum Gasteiger partial charge on any atom is 0.0809 e. The fourth-order valence-electron chi connectivity index (χ4n) is 8.42. The molecule has 5 rings (SSSR count). The second-order valence-corrected chi connectivity index (χ2v) is 11.7. The SMILES string of the molecule is Cc1nn(C)c(C)c1C=C1CC2C3CCC4CC(O)CCC4(C)C3CCC2(C)C1O. The van der Waals surface area contributed by atoms with Gasteiger partial charge < -0.3 is 10.2 Å². The largest absolute Gasteiger partial charge is 0.393 e. The van der Waals surface area contributed by atoms with E-state index >= 15 is 0 Å². The number of nitrogens with zero attached hydrogens (tertiary/aromatic N) is 2. The van der Waals surface area contributed by atoms with Gasteiger partial charge in [-0.2, -0.15) is 5.10 Å². The molecule has 0 amide bonds. The Hall–Kier alpha value is -1.13. The van der Waals surface area contributed by atoms with Gasteiger partial charge in [0.05, 0.1) is 17.9 Å². The zero-order valence-corrected chi connectivity index (χ0v) is 19.5. The first-order valence-electron chi connectivity index (χ1n) is 12.2. The number of aliphatic hydroxyl groups is 2. The molecule has 4 aliphatic carbocycles. The van der Waals surface area contributed by atoms with Crippen molar-refractivity contribution in [2.75, 3.05) is 0 Å². The summed E-state index contributed by atoms with van der Waals surface area (Å²) in [6.07, 6.45) is 11.0. The maximum atomic E-state index is 11.5. The number of rotatable bonds is 1. The van der Waals surface area contributed by atoms with Gasteiger partial charge in [0.15, 0.2) is 0 Å². The second kappa shape index (κ2) is 6.93. The molecule has 0 spiro atoms. The Morgan fingerprint density at radius 2 is 1.73 bits per heavy atom. The average molecular weight is 413 g/mol. The van der Waals surface area contributed by atoms with Crippen LogP contribution in [0.15, 0.2) is 5.57 Å². The van der Waals surface area contributed by atoms with Crippen LogP contribution < -0.4 is 0 Å². The van der Waals surface area contributed by atoms with Gasteiger partial charge in [0.1, 0.15) is 0 Å². The summed E-state index contributed by atoms with van der Waals surface area (Å²) in [5.74, 6) is 2.75. The minimum absolute atomic E-state index is 0.00833. The Morgan fingerprint density at radius 1 is 1.00 bits per heavy atom. The van der Waals surface area contributed by atoms with Crippen molar-refractivity contribution in [1.82, 2.24) is 9.78 Å². The molecule has 1 aromatic heterocycles. The molecule has 4 heteroatoms. The van der Waals surface area contributed by atoms with Crippen LogP contribution >= 0.6 is 0 Å². The minimum Gasteiger partial charge on any atom is -0.393 e. The molecule has 8 atom stereocenters. The third-order valence-corrected chi connectivity index (χ3v) is 10.4. The molecule has 4 saturated carbocycles. The number of hydrogen-bond donors (Lipinski definition) is 2. The van der Waals surface area contributed by atoms with Gasteiger partial charge in [-0.25, -0.2) is 0 Å². The van der Waals surface area contributed by atoms with Crippen LogP contribution in [-0.2, 0) is 7.05 Å². The van der Waals surface area contributed by atoms with Gasteiger partial charge in [-0.15, -0.1) is 0 Å². The van der Waals surface area contributed by atoms with Gasteiger partial charge in [-0.1, -0.05) is 13.8 Å². The van der Waals surface area contributed by atoms with Gasteiger partial charge in [-0.05, 0) is 106 Å². The van der Waals surface area contributed by atoms with Crippen LogP contribution in [0.25, 0.3) is 6.08 Å². The number of aromatic nitrogens is 2. The van der Waals surface area contributed by atoms with E-state index in [9.17, 15) is 10.2 Å². The molecule has 166 valence electrons. The van der Waals surface area contributed by atoms with E-state index in [0.29, 0.717) is 17.3 Å². The highest BCUT2D eigenvalue weighted by molar-refractivity contribution is 5.59. The van der Waals surface area contributed by atoms with E-state index in [1.165, 1.54) is 42.5 Å². The first kappa shape index (κ1) is 20.8. The third-order valence-electron chi connectivity index (χ3n) is 10.4. The molecule has 0 bridgehead atoms. The molecule has 0 radical (unpaired) electrons. The first-order chi connectivity index (χ1) is 14.1. The van der Waals surface area contributed by atoms with Crippen molar-refractivity contribution in [3.63, 3.8) is 0 Å². The molecule has 30 heavy (non-hydrogen) atoms. The molecule has 1 heterocycles. The lowest BCUT2D eigenvalue weighted by Gasteiger charge is -2.60. The fraction of sp³-hybridized carbons (Fsp3) is 0.808. The van der Waals surface area contributed by atoms with Gasteiger partial charge >= 0.3 is 0 Å². The highest BCUT2D eigenvalue weighted by atomic mass is 16.3. The van der Waals surface area contributed by atoms with Crippen molar-refractivity contribution in [2.45, 2.75) is 91.3 Å². The van der Waals surface area contributed by atoms with Crippen LogP contribution in [0.3, 0.4) is 0 Å². The Bertz CT molecular complexity index is 873. The van der Waals surface area contributed by atoms with Crippen molar-refractivity contribution in [3.05, 3.63) is 22.5 Å². The smallest absolute Gasteiger partial charge is 0.0809 e. The van der Waals surface area contributed by atoms with Crippen LogP contribution in [0.4, 0.5) is 0 Å². The minimum atomic E-state index is -0.332. The summed E-state index contributed by atoms with van der Waals surface area (Å²) >= 11 is 0. The number of aryl methyl sites for hydroxylation is 2. The molecule has 0 saturated heterocycles. The summed E-state index contributed by atoms with van der Waals surface area (Å²) in [4.78, 5) is 0. The Kier molecular flexibility index (Phi) is 4.80. The summed E-state index contributed by atoms with van der Waals surface area (Å²) in [6, 6.07) is 0. The highest BCUT2D eigenvalue weighted by Gasteiger charge is 2.61. The lowest BCUT2D eigenvalue weighted by atomic mass is 9.45. The second-order valence-electron chi connectivity index (χ2n) is 11.7. The van der Waals surface area contributed by atoms with Crippen molar-refractivity contribution in [1.29, 1.82) is 0 Å². The highest BCUT2D eigenvalue weighted by Crippen LogP contribution is 2.67. The van der Waals surface area contributed by atoms with E-state index in [1.807, 2.05) is 11.7 Å². The molecule has 2 N–H and O–H groups in total. The van der Waals surface area contributed by atoms with Gasteiger partial charge in [-0.3, -0.25) is 4.68 Å². The van der Waals surface area contributed by atoms with E-state index < -0.39 is 0 Å². The lowest BCUT2D eigenvalue weighted by molar-refractivity contribution is -0.133. The number of fused-ring (bicyclic) bond motifs is 5. The topological polar surface area (TPSA) is 58.3 Å². The molecule has 0 aliphatic heterocycles. The van der Waals surface area contributed by atoms with E-state index in [1.54, 1.807) is 0 Å². The molecule has 8 unspecified atom stereocenters. The molecule has 4 fully saturated rings. The number of hydrogen-bond acceptors (Lipinski definition) is 3. The van der Waals surface area contributed by atoms with E-state index in [-0.39, 0.29) is 17.6 Å². The van der Waals surface area contributed by atoms with E-state index in [2.05, 4.69) is 38.9 Å². The zero-order chi connectivity index (χ0) is 21.4. The Labute approximate surface area is 181 Å². The Balaban J connectivity index is 1.46. The number of aliphatic hydroxyl groups excluding tert-OH is 2. The molecule has 1 aromatic rings. The third kappa shape index (κ3) is 2.82. The molecular formula is C26H40N2O2. The summed E-state index contributed by atoms with van der Waals surface area (Å²) in [6.45, 7) is 9.10. The summed E-state index contributed by atoms with van der Waals surface area (Å²) < 4.78 is 1.95. The predicted octanol–water partition coefficient (Wildman–Crippen LogP) is 4.79. The van der Waals surface area contributed by atoms with Crippen LogP contribution in [-0.4, -0.2) is 32.2 Å². The van der Waals surface area contributed by atoms with Crippen LogP contribution in [0.5, 0.6) is 0 Å². The first-order valence-corrected chi connectivity index (χ1v) is 12.2. The lowest BCUT2D eigenvalue weighted by Crippen LogP contribution is -2.54.